The Kier molecular flexibility index (Phi) is 4.95. The first kappa shape index (κ1) is 15.1. The standard InChI is InChI=1S/C17H19NO3/c1-12-8-9-16(15(10-12)13(2)19)21-11-17(20)18-14-6-4-3-5-7-14/h3-10,13,19H,11H2,1-2H3,(H,18,20)/t13-/m1/s1. The third-order valence-electron chi connectivity index (χ3n) is 3.03. The molecule has 110 valence electrons. The van der Waals surface area contributed by atoms with Crippen molar-refractivity contribution in [2.45, 2.75) is 20.0 Å². The Morgan fingerprint density at radius 2 is 1.95 bits per heavy atom. The molecule has 0 aliphatic rings. The molecule has 1 amide bonds. The number of carbonyl (C=O) groups excluding carboxylic acids is 1. The van der Waals surface area contributed by atoms with Crippen LogP contribution in [0.4, 0.5) is 5.69 Å². The van der Waals surface area contributed by atoms with Gasteiger partial charge in [-0.05, 0) is 38.1 Å². The van der Waals surface area contributed by atoms with Crippen LogP contribution in [0.3, 0.4) is 0 Å². The van der Waals surface area contributed by atoms with Gasteiger partial charge in [-0.3, -0.25) is 4.79 Å². The van der Waals surface area contributed by atoms with Crippen molar-refractivity contribution in [1.29, 1.82) is 0 Å². The van der Waals surface area contributed by atoms with Gasteiger partial charge in [0.15, 0.2) is 6.61 Å². The molecule has 1 atom stereocenters. The van der Waals surface area contributed by atoms with Crippen LogP contribution >= 0.6 is 0 Å². The molecule has 0 fully saturated rings. The second-order valence-electron chi connectivity index (χ2n) is 4.92. The molecule has 2 N–H and O–H groups in total. The van der Waals surface area contributed by atoms with E-state index in [2.05, 4.69) is 5.32 Å². The highest BCUT2D eigenvalue weighted by molar-refractivity contribution is 5.91. The van der Waals surface area contributed by atoms with E-state index in [9.17, 15) is 9.90 Å². The molecular formula is C17H19NO3. The summed E-state index contributed by atoms with van der Waals surface area (Å²) >= 11 is 0. The minimum absolute atomic E-state index is 0.0995. The summed E-state index contributed by atoms with van der Waals surface area (Å²) in [5, 5.41) is 12.5. The predicted octanol–water partition coefficient (Wildman–Crippen LogP) is 3.07. The molecule has 0 unspecified atom stereocenters. The molecule has 2 aromatic carbocycles. The van der Waals surface area contributed by atoms with Gasteiger partial charge in [-0.2, -0.15) is 0 Å². The van der Waals surface area contributed by atoms with Crippen LogP contribution in [-0.2, 0) is 4.79 Å². The largest absolute Gasteiger partial charge is 0.483 e. The fraction of sp³-hybridized carbons (Fsp3) is 0.235. The zero-order chi connectivity index (χ0) is 15.2. The average Bonchev–Trinajstić information content (AvgIpc) is 2.47. The summed E-state index contributed by atoms with van der Waals surface area (Å²) in [6.07, 6.45) is -0.642. The lowest BCUT2D eigenvalue weighted by Gasteiger charge is -2.14. The number of aryl methyl sites for hydroxylation is 1. The monoisotopic (exact) mass is 285 g/mol. The Labute approximate surface area is 124 Å². The van der Waals surface area contributed by atoms with E-state index >= 15 is 0 Å². The van der Waals surface area contributed by atoms with Crippen molar-refractivity contribution in [3.05, 3.63) is 59.7 Å². The van der Waals surface area contributed by atoms with Crippen molar-refractivity contribution in [1.82, 2.24) is 0 Å². The van der Waals surface area contributed by atoms with E-state index in [1.165, 1.54) is 0 Å². The highest BCUT2D eigenvalue weighted by Crippen LogP contribution is 2.26. The first-order valence-corrected chi connectivity index (χ1v) is 6.82. The normalized spacial score (nSPS) is 11.8. The van der Waals surface area contributed by atoms with Gasteiger partial charge < -0.3 is 15.2 Å². The van der Waals surface area contributed by atoms with Crippen molar-refractivity contribution in [2.75, 3.05) is 11.9 Å². The molecule has 4 nitrogen and oxygen atoms in total. The summed E-state index contributed by atoms with van der Waals surface area (Å²) in [5.41, 5.74) is 2.44. The number of ether oxygens (including phenoxy) is 1. The first-order valence-electron chi connectivity index (χ1n) is 6.82. The molecule has 0 saturated heterocycles. The maximum absolute atomic E-state index is 11.8. The van der Waals surface area contributed by atoms with E-state index in [0.717, 1.165) is 11.3 Å². The summed E-state index contributed by atoms with van der Waals surface area (Å²) in [5.74, 6) is 0.289. The lowest BCUT2D eigenvalue weighted by molar-refractivity contribution is -0.118. The lowest BCUT2D eigenvalue weighted by atomic mass is 10.1. The van der Waals surface area contributed by atoms with Gasteiger partial charge in [0.25, 0.3) is 5.91 Å². The summed E-state index contributed by atoms with van der Waals surface area (Å²) < 4.78 is 5.52. The second-order valence-corrected chi connectivity index (χ2v) is 4.92. The average molecular weight is 285 g/mol. The lowest BCUT2D eigenvalue weighted by Crippen LogP contribution is -2.20. The Morgan fingerprint density at radius 1 is 1.24 bits per heavy atom. The van der Waals surface area contributed by atoms with Crippen LogP contribution in [0, 0.1) is 6.92 Å². The van der Waals surface area contributed by atoms with Crippen molar-refractivity contribution in [2.24, 2.45) is 0 Å². The molecular weight excluding hydrogens is 266 g/mol. The molecule has 0 radical (unpaired) electrons. The number of para-hydroxylation sites is 1. The van der Waals surface area contributed by atoms with E-state index in [0.29, 0.717) is 11.3 Å². The first-order chi connectivity index (χ1) is 10.1. The Bertz CT molecular complexity index is 609. The van der Waals surface area contributed by atoms with Crippen LogP contribution in [0.1, 0.15) is 24.2 Å². The number of aliphatic hydroxyl groups is 1. The van der Waals surface area contributed by atoms with Crippen LogP contribution in [0.15, 0.2) is 48.5 Å². The number of hydrogen-bond donors (Lipinski definition) is 2. The quantitative estimate of drug-likeness (QED) is 0.887. The molecule has 21 heavy (non-hydrogen) atoms. The minimum atomic E-state index is -0.642. The zero-order valence-electron chi connectivity index (χ0n) is 12.2. The molecule has 2 rings (SSSR count). The van der Waals surface area contributed by atoms with Gasteiger partial charge in [0.2, 0.25) is 0 Å². The highest BCUT2D eigenvalue weighted by atomic mass is 16.5. The third kappa shape index (κ3) is 4.33. The Balaban J connectivity index is 1.98. The molecule has 0 aliphatic carbocycles. The maximum Gasteiger partial charge on any atom is 0.262 e. The van der Waals surface area contributed by atoms with Gasteiger partial charge >= 0.3 is 0 Å². The number of amides is 1. The number of aliphatic hydroxyl groups excluding tert-OH is 1. The van der Waals surface area contributed by atoms with Gasteiger partial charge in [-0.25, -0.2) is 0 Å². The van der Waals surface area contributed by atoms with Gasteiger partial charge in [0.1, 0.15) is 5.75 Å². The molecule has 0 saturated carbocycles. The van der Waals surface area contributed by atoms with Crippen LogP contribution in [0.5, 0.6) is 5.75 Å². The molecule has 0 aliphatic heterocycles. The van der Waals surface area contributed by atoms with Gasteiger partial charge in [0, 0.05) is 11.3 Å². The summed E-state index contributed by atoms with van der Waals surface area (Å²) in [6, 6.07) is 14.7. The summed E-state index contributed by atoms with van der Waals surface area (Å²) in [4.78, 5) is 11.8. The van der Waals surface area contributed by atoms with Crippen LogP contribution < -0.4 is 10.1 Å². The van der Waals surface area contributed by atoms with Crippen molar-refractivity contribution >= 4 is 11.6 Å². The van der Waals surface area contributed by atoms with Gasteiger partial charge in [-0.15, -0.1) is 0 Å². The topological polar surface area (TPSA) is 58.6 Å². The van der Waals surface area contributed by atoms with Crippen molar-refractivity contribution < 1.29 is 14.6 Å². The maximum atomic E-state index is 11.8. The van der Waals surface area contributed by atoms with Crippen LogP contribution in [0.25, 0.3) is 0 Å². The fourth-order valence-electron chi connectivity index (χ4n) is 1.99. The molecule has 0 heterocycles. The van der Waals surface area contributed by atoms with E-state index in [-0.39, 0.29) is 12.5 Å². The fourth-order valence-corrected chi connectivity index (χ4v) is 1.99. The summed E-state index contributed by atoms with van der Waals surface area (Å²) in [6.45, 7) is 3.52. The summed E-state index contributed by atoms with van der Waals surface area (Å²) in [7, 11) is 0. The van der Waals surface area contributed by atoms with Crippen molar-refractivity contribution in [3.63, 3.8) is 0 Å². The number of anilines is 1. The third-order valence-corrected chi connectivity index (χ3v) is 3.03. The molecule has 2 aromatic rings. The molecule has 0 aromatic heterocycles. The van der Waals surface area contributed by atoms with Gasteiger partial charge in [-0.1, -0.05) is 29.8 Å². The number of rotatable bonds is 5. The smallest absolute Gasteiger partial charge is 0.262 e. The van der Waals surface area contributed by atoms with Crippen LogP contribution in [-0.4, -0.2) is 17.6 Å². The second kappa shape index (κ2) is 6.90. The van der Waals surface area contributed by atoms with E-state index < -0.39 is 6.10 Å². The number of benzene rings is 2. The van der Waals surface area contributed by atoms with Crippen LogP contribution in [0.2, 0.25) is 0 Å². The van der Waals surface area contributed by atoms with E-state index in [1.807, 2.05) is 49.4 Å². The molecule has 0 spiro atoms. The molecule has 4 heteroatoms. The number of nitrogens with one attached hydrogen (secondary N) is 1. The van der Waals surface area contributed by atoms with Crippen molar-refractivity contribution in [3.8, 4) is 5.75 Å². The zero-order valence-corrected chi connectivity index (χ0v) is 12.2. The number of hydrogen-bond acceptors (Lipinski definition) is 3. The SMILES string of the molecule is Cc1ccc(OCC(=O)Nc2ccccc2)c([C@@H](C)O)c1. The van der Waals surface area contributed by atoms with Gasteiger partial charge in [0.05, 0.1) is 6.10 Å². The number of carbonyl (C=O) groups is 1. The highest BCUT2D eigenvalue weighted by Gasteiger charge is 2.11. The van der Waals surface area contributed by atoms with E-state index in [4.69, 9.17) is 4.74 Å². The Morgan fingerprint density at radius 3 is 2.62 bits per heavy atom. The Hall–Kier alpha value is -2.33. The van der Waals surface area contributed by atoms with E-state index in [1.54, 1.807) is 13.0 Å². The minimum Gasteiger partial charge on any atom is -0.483 e. The predicted molar refractivity (Wildman–Crippen MR) is 82.4 cm³/mol. The molecule has 0 bridgehead atoms.